The Balaban J connectivity index is 2.07. The van der Waals surface area contributed by atoms with Crippen LogP contribution >= 0.6 is 11.3 Å². The third-order valence-corrected chi connectivity index (χ3v) is 4.81. The first-order valence-corrected chi connectivity index (χ1v) is 7.44. The molecule has 1 aliphatic heterocycles. The summed E-state index contributed by atoms with van der Waals surface area (Å²) in [6.07, 6.45) is 2.32. The van der Waals surface area contributed by atoms with Crippen molar-refractivity contribution in [3.63, 3.8) is 0 Å². The highest BCUT2D eigenvalue weighted by molar-refractivity contribution is 7.09. The Morgan fingerprint density at radius 2 is 2.11 bits per heavy atom. The number of rotatable bonds is 3. The van der Waals surface area contributed by atoms with Crippen LogP contribution in [0.15, 0.2) is 41.8 Å². The molecule has 1 atom stereocenters. The van der Waals surface area contributed by atoms with Gasteiger partial charge in [-0.05, 0) is 30.4 Å². The monoisotopic (exact) mass is 272 g/mol. The highest BCUT2D eigenvalue weighted by Gasteiger charge is 2.40. The van der Waals surface area contributed by atoms with Gasteiger partial charge in [0, 0.05) is 15.9 Å². The lowest BCUT2D eigenvalue weighted by molar-refractivity contribution is -0.137. The van der Waals surface area contributed by atoms with Gasteiger partial charge in [-0.3, -0.25) is 4.79 Å². The Bertz CT molecular complexity index is 589. The molecule has 3 heteroatoms. The van der Waals surface area contributed by atoms with Crippen molar-refractivity contribution >= 4 is 17.3 Å². The summed E-state index contributed by atoms with van der Waals surface area (Å²) >= 11 is 1.75. The molecule has 1 unspecified atom stereocenters. The van der Waals surface area contributed by atoms with Gasteiger partial charge in [-0.1, -0.05) is 31.2 Å². The molecular formula is C16H16O2S. The van der Waals surface area contributed by atoms with Crippen LogP contribution in [0.2, 0.25) is 0 Å². The van der Waals surface area contributed by atoms with Gasteiger partial charge in [-0.25, -0.2) is 0 Å². The molecule has 1 aromatic heterocycles. The molecule has 2 heterocycles. The van der Waals surface area contributed by atoms with Gasteiger partial charge >= 0.3 is 5.97 Å². The number of thiophene rings is 1. The van der Waals surface area contributed by atoms with Crippen LogP contribution in [0.5, 0.6) is 5.75 Å². The molecule has 0 spiro atoms. The molecule has 0 radical (unpaired) electrons. The number of carbonyl (C=O) groups excluding carboxylic acids is 1. The third kappa shape index (κ3) is 2.19. The van der Waals surface area contributed by atoms with E-state index in [1.165, 1.54) is 10.4 Å². The third-order valence-electron chi connectivity index (χ3n) is 3.93. The zero-order valence-electron chi connectivity index (χ0n) is 10.9. The summed E-state index contributed by atoms with van der Waals surface area (Å²) in [6.45, 7) is 2.16. The van der Waals surface area contributed by atoms with Crippen molar-refractivity contribution < 1.29 is 9.53 Å². The summed E-state index contributed by atoms with van der Waals surface area (Å²) in [5, 5.41) is 2.09. The van der Waals surface area contributed by atoms with E-state index in [0.29, 0.717) is 6.42 Å². The minimum Gasteiger partial charge on any atom is -0.426 e. The molecule has 2 aromatic rings. The highest BCUT2D eigenvalue weighted by atomic mass is 32.1. The summed E-state index contributed by atoms with van der Waals surface area (Å²) in [6, 6.07) is 12.1. The maximum absolute atomic E-state index is 11.9. The maximum Gasteiger partial charge on any atom is 0.312 e. The fourth-order valence-electron chi connectivity index (χ4n) is 2.87. The average Bonchev–Trinajstić information content (AvgIpc) is 2.91. The van der Waals surface area contributed by atoms with Gasteiger partial charge in [0.05, 0.1) is 6.42 Å². The smallest absolute Gasteiger partial charge is 0.312 e. The van der Waals surface area contributed by atoms with Gasteiger partial charge in [0.15, 0.2) is 0 Å². The molecule has 2 nitrogen and oxygen atoms in total. The number of carbonyl (C=O) groups is 1. The molecule has 1 aromatic carbocycles. The minimum atomic E-state index is -0.114. The normalized spacial score (nSPS) is 21.8. The number of hydrogen-bond acceptors (Lipinski definition) is 3. The van der Waals surface area contributed by atoms with E-state index < -0.39 is 0 Å². The average molecular weight is 272 g/mol. The largest absolute Gasteiger partial charge is 0.426 e. The second-order valence-corrected chi connectivity index (χ2v) is 6.07. The summed E-state index contributed by atoms with van der Waals surface area (Å²) in [4.78, 5) is 13.2. The van der Waals surface area contributed by atoms with Gasteiger partial charge in [0.2, 0.25) is 0 Å². The highest BCUT2D eigenvalue weighted by Crippen LogP contribution is 2.44. The van der Waals surface area contributed by atoms with E-state index in [2.05, 4.69) is 30.5 Å². The van der Waals surface area contributed by atoms with Crippen molar-refractivity contribution in [2.75, 3.05) is 0 Å². The Morgan fingerprint density at radius 1 is 1.26 bits per heavy atom. The van der Waals surface area contributed by atoms with E-state index in [4.69, 9.17) is 4.74 Å². The van der Waals surface area contributed by atoms with Crippen LogP contribution in [0, 0.1) is 0 Å². The molecule has 19 heavy (non-hydrogen) atoms. The van der Waals surface area contributed by atoms with Gasteiger partial charge < -0.3 is 4.74 Å². The predicted molar refractivity (Wildman–Crippen MR) is 76.7 cm³/mol. The summed E-state index contributed by atoms with van der Waals surface area (Å²) < 4.78 is 5.37. The van der Waals surface area contributed by atoms with Crippen LogP contribution in [0.1, 0.15) is 30.2 Å². The molecule has 3 rings (SSSR count). The first-order valence-electron chi connectivity index (χ1n) is 6.56. The van der Waals surface area contributed by atoms with Crippen LogP contribution < -0.4 is 4.74 Å². The molecule has 0 bridgehead atoms. The maximum atomic E-state index is 11.9. The molecule has 0 amide bonds. The lowest BCUT2D eigenvalue weighted by Crippen LogP contribution is -2.37. The van der Waals surface area contributed by atoms with Crippen molar-refractivity contribution in [3.8, 4) is 5.75 Å². The van der Waals surface area contributed by atoms with Gasteiger partial charge in [0.25, 0.3) is 0 Å². The minimum absolute atomic E-state index is 0.114. The molecule has 0 saturated carbocycles. The lowest BCUT2D eigenvalue weighted by atomic mass is 9.71. The van der Waals surface area contributed by atoms with Gasteiger partial charge in [0.1, 0.15) is 5.75 Å². The van der Waals surface area contributed by atoms with E-state index in [-0.39, 0.29) is 11.4 Å². The van der Waals surface area contributed by atoms with E-state index in [9.17, 15) is 4.79 Å². The van der Waals surface area contributed by atoms with Crippen LogP contribution in [0.4, 0.5) is 0 Å². The number of benzene rings is 1. The second-order valence-electron chi connectivity index (χ2n) is 5.04. The van der Waals surface area contributed by atoms with Gasteiger partial charge in [-0.15, -0.1) is 11.3 Å². The summed E-state index contributed by atoms with van der Waals surface area (Å²) in [5.41, 5.74) is 1.06. The zero-order chi connectivity index (χ0) is 13.3. The Kier molecular flexibility index (Phi) is 3.15. The fraction of sp³-hybridized carbons (Fsp3) is 0.312. The molecular weight excluding hydrogens is 256 g/mol. The summed E-state index contributed by atoms with van der Waals surface area (Å²) in [7, 11) is 0. The molecule has 0 N–H and O–H groups in total. The first kappa shape index (κ1) is 12.4. The number of ether oxygens (including phenoxy) is 1. The van der Waals surface area contributed by atoms with Crippen molar-refractivity contribution in [2.24, 2.45) is 0 Å². The van der Waals surface area contributed by atoms with Crippen molar-refractivity contribution in [2.45, 2.75) is 31.6 Å². The van der Waals surface area contributed by atoms with E-state index in [0.717, 1.165) is 18.6 Å². The number of hydrogen-bond donors (Lipinski definition) is 0. The first-order chi connectivity index (χ1) is 9.23. The number of esters is 1. The van der Waals surface area contributed by atoms with Gasteiger partial charge in [-0.2, -0.15) is 0 Å². The number of para-hydroxylation sites is 1. The molecule has 98 valence electrons. The Labute approximate surface area is 117 Å². The van der Waals surface area contributed by atoms with Crippen LogP contribution in [-0.4, -0.2) is 5.97 Å². The van der Waals surface area contributed by atoms with Crippen LogP contribution in [0.3, 0.4) is 0 Å². The topological polar surface area (TPSA) is 26.3 Å². The van der Waals surface area contributed by atoms with E-state index >= 15 is 0 Å². The molecule has 0 fully saturated rings. The quantitative estimate of drug-likeness (QED) is 0.624. The molecule has 0 aliphatic carbocycles. The lowest BCUT2D eigenvalue weighted by Gasteiger charge is -2.36. The van der Waals surface area contributed by atoms with Crippen molar-refractivity contribution in [3.05, 3.63) is 52.2 Å². The second kappa shape index (κ2) is 4.82. The standard InChI is InChI=1S/C16H16O2S/c1-2-16(10-12-6-5-9-19-12)11-15(17)18-14-8-4-3-7-13(14)16/h3-9H,2,10-11H2,1H3. The van der Waals surface area contributed by atoms with E-state index in [1.807, 2.05) is 18.2 Å². The Hall–Kier alpha value is -1.61. The predicted octanol–water partition coefficient (Wildman–Crippen LogP) is 3.95. The number of fused-ring (bicyclic) bond motifs is 1. The summed E-state index contributed by atoms with van der Waals surface area (Å²) in [5.74, 6) is 0.620. The Morgan fingerprint density at radius 3 is 2.84 bits per heavy atom. The molecule has 1 aliphatic rings. The van der Waals surface area contributed by atoms with Crippen molar-refractivity contribution in [1.82, 2.24) is 0 Å². The van der Waals surface area contributed by atoms with Crippen LogP contribution in [-0.2, 0) is 16.6 Å². The van der Waals surface area contributed by atoms with E-state index in [1.54, 1.807) is 11.3 Å². The molecule has 0 saturated heterocycles. The van der Waals surface area contributed by atoms with Crippen molar-refractivity contribution in [1.29, 1.82) is 0 Å². The van der Waals surface area contributed by atoms with Crippen LogP contribution in [0.25, 0.3) is 0 Å². The SMILES string of the molecule is CCC1(Cc2cccs2)CC(=O)Oc2ccccc21. The zero-order valence-corrected chi connectivity index (χ0v) is 11.7. The fourth-order valence-corrected chi connectivity index (χ4v) is 3.72.